The highest BCUT2D eigenvalue weighted by atomic mass is 16.6. The number of guanidine groups is 1. The lowest BCUT2D eigenvalue weighted by atomic mass is 9.80. The van der Waals surface area contributed by atoms with E-state index in [0.29, 0.717) is 51.7 Å². The maximum absolute atomic E-state index is 14.0. The molecule has 326 valence electrons. The van der Waals surface area contributed by atoms with E-state index in [1.807, 2.05) is 0 Å². The summed E-state index contributed by atoms with van der Waals surface area (Å²) in [5.74, 6) is 0.440. The highest BCUT2D eigenvalue weighted by molar-refractivity contribution is 5.87. The number of carbonyl (C=O) groups is 2. The van der Waals surface area contributed by atoms with E-state index in [0.717, 1.165) is 95.9 Å². The molecule has 12 nitrogen and oxygen atoms in total. The second-order valence-corrected chi connectivity index (χ2v) is 17.9. The summed E-state index contributed by atoms with van der Waals surface area (Å²) in [7, 11) is 0. The van der Waals surface area contributed by atoms with E-state index in [2.05, 4.69) is 36.2 Å². The Bertz CT molecular complexity index is 1280. The van der Waals surface area contributed by atoms with Gasteiger partial charge < -0.3 is 45.9 Å². The van der Waals surface area contributed by atoms with Crippen LogP contribution in [0, 0.1) is 5.92 Å². The maximum Gasteiger partial charge on any atom is 0.316 e. The second-order valence-electron chi connectivity index (χ2n) is 17.9. The van der Waals surface area contributed by atoms with Gasteiger partial charge in [0.1, 0.15) is 11.6 Å². The molecule has 0 aromatic carbocycles. The molecule has 0 aromatic heterocycles. The highest BCUT2D eigenvalue weighted by Crippen LogP contribution is 2.50. The number of aliphatic imine (C=N–C) groups is 1. The zero-order chi connectivity index (χ0) is 40.5. The number of nitrogens with two attached hydrogens (primary N) is 2. The Morgan fingerprint density at radius 1 is 0.965 bits per heavy atom. The van der Waals surface area contributed by atoms with Crippen LogP contribution in [0.2, 0.25) is 0 Å². The molecular weight excluding hydrogens is 721 g/mol. The summed E-state index contributed by atoms with van der Waals surface area (Å²) in [6.45, 7) is 6.68. The third-order valence-electron chi connectivity index (χ3n) is 13.2. The first-order valence-corrected chi connectivity index (χ1v) is 23.4. The molecule has 1 unspecified atom stereocenters. The van der Waals surface area contributed by atoms with Crippen LogP contribution in [0.4, 0.5) is 0 Å². The Kier molecular flexibility index (Phi) is 18.9. The number of unbranched alkanes of at least 4 members (excludes halogenated alkanes) is 12. The Labute approximate surface area is 344 Å². The molecule has 5 rings (SSSR count). The first-order valence-electron chi connectivity index (χ1n) is 23.4. The van der Waals surface area contributed by atoms with Crippen molar-refractivity contribution < 1.29 is 28.9 Å². The number of rotatable bonds is 25. The molecular formula is C45H80N6O6. The number of allylic oxidation sites excluding steroid dienone is 1. The summed E-state index contributed by atoms with van der Waals surface area (Å²) in [4.78, 5) is 36.3. The molecule has 0 aromatic rings. The topological polar surface area (TPSA) is 165 Å². The van der Waals surface area contributed by atoms with Crippen molar-refractivity contribution in [1.29, 1.82) is 0 Å². The molecule has 0 aliphatic carbocycles. The molecule has 5 aliphatic rings. The minimum absolute atomic E-state index is 0.0307. The number of esters is 1. The van der Waals surface area contributed by atoms with Gasteiger partial charge in [0.05, 0.1) is 31.0 Å². The van der Waals surface area contributed by atoms with Gasteiger partial charge in [-0.05, 0) is 97.1 Å². The fraction of sp³-hybridized carbons (Fsp3) is 0.889. The van der Waals surface area contributed by atoms with Crippen molar-refractivity contribution in [2.24, 2.45) is 22.4 Å². The zero-order valence-corrected chi connectivity index (χ0v) is 35.8. The van der Waals surface area contributed by atoms with Crippen molar-refractivity contribution in [3.05, 3.63) is 12.2 Å². The van der Waals surface area contributed by atoms with Crippen molar-refractivity contribution in [1.82, 2.24) is 15.1 Å². The van der Waals surface area contributed by atoms with Crippen LogP contribution < -0.4 is 16.8 Å². The van der Waals surface area contributed by atoms with Crippen LogP contribution in [0.15, 0.2) is 17.1 Å². The molecule has 6 N–H and O–H groups in total. The third kappa shape index (κ3) is 13.1. The number of aliphatic hydroxyl groups is 1. The minimum Gasteiger partial charge on any atom is -0.465 e. The van der Waals surface area contributed by atoms with Gasteiger partial charge in [-0.2, -0.15) is 0 Å². The number of amides is 1. The monoisotopic (exact) mass is 801 g/mol. The van der Waals surface area contributed by atoms with Crippen LogP contribution in [0.5, 0.6) is 0 Å². The number of carbonyl (C=O) groups excluding carboxylic acids is 2. The maximum atomic E-state index is 14.0. The van der Waals surface area contributed by atoms with Crippen molar-refractivity contribution in [2.75, 3.05) is 32.8 Å². The lowest BCUT2D eigenvalue weighted by Gasteiger charge is -2.55. The predicted molar refractivity (Wildman–Crippen MR) is 226 cm³/mol. The standard InChI is InChI=1S/C45H80N6O6/c1-3-38-22-16-17-27-44(57-38)33-36-24-25-39-41(45(28-19-21-35(2)56-45)49-43(48-44)51(36)39)42(54)55-32-18-14-12-10-8-6-4-5-7-9-11-13-15-23-40(53)50(31-20-29-46)34-37(52)26-30-47/h16,22,35-39,41,52H,3-15,17-21,23-34,46-47H2,1-2H3,(H,48,49)/t35-,36+,37?,38+,39-,41-,44+,45-/m1/s1. The van der Waals surface area contributed by atoms with Crippen molar-refractivity contribution >= 4 is 17.8 Å². The van der Waals surface area contributed by atoms with E-state index in [9.17, 15) is 14.7 Å². The predicted octanol–water partition coefficient (Wildman–Crippen LogP) is 6.82. The van der Waals surface area contributed by atoms with Crippen LogP contribution in [0.1, 0.15) is 174 Å². The van der Waals surface area contributed by atoms with Crippen LogP contribution in [0.25, 0.3) is 0 Å². The van der Waals surface area contributed by atoms with Crippen LogP contribution in [-0.4, -0.2) is 107 Å². The smallest absolute Gasteiger partial charge is 0.316 e. The summed E-state index contributed by atoms with van der Waals surface area (Å²) < 4.78 is 19.6. The number of ether oxygens (including phenoxy) is 3. The number of aliphatic hydroxyl groups excluding tert-OH is 1. The molecule has 1 amide bonds. The number of hydrogen-bond acceptors (Lipinski definition) is 11. The third-order valence-corrected chi connectivity index (χ3v) is 13.2. The molecule has 5 heterocycles. The molecule has 2 spiro atoms. The molecule has 3 fully saturated rings. The average Bonchev–Trinajstić information content (AvgIpc) is 3.49. The molecule has 0 saturated carbocycles. The van der Waals surface area contributed by atoms with Gasteiger partial charge in [-0.3, -0.25) is 9.59 Å². The van der Waals surface area contributed by atoms with E-state index < -0.39 is 23.5 Å². The number of nitrogens with one attached hydrogen (secondary N) is 1. The molecule has 5 aliphatic heterocycles. The first-order chi connectivity index (χ1) is 27.7. The van der Waals surface area contributed by atoms with E-state index in [1.165, 1.54) is 57.8 Å². The van der Waals surface area contributed by atoms with Gasteiger partial charge in [-0.25, -0.2) is 4.99 Å². The Morgan fingerprint density at radius 3 is 2.33 bits per heavy atom. The van der Waals surface area contributed by atoms with Crippen molar-refractivity contribution in [3.8, 4) is 0 Å². The Hall–Kier alpha value is -2.25. The summed E-state index contributed by atoms with van der Waals surface area (Å²) >= 11 is 0. The fourth-order valence-electron chi connectivity index (χ4n) is 10.2. The molecule has 8 atom stereocenters. The summed E-state index contributed by atoms with van der Waals surface area (Å²) in [6, 6.07) is 0.328. The van der Waals surface area contributed by atoms with E-state index in [-0.39, 0.29) is 30.1 Å². The van der Waals surface area contributed by atoms with Crippen molar-refractivity contribution in [2.45, 2.75) is 216 Å². The molecule has 0 radical (unpaired) electrons. The normalized spacial score (nSPS) is 29.8. The van der Waals surface area contributed by atoms with E-state index in [4.69, 9.17) is 30.7 Å². The van der Waals surface area contributed by atoms with Crippen LogP contribution in [0.3, 0.4) is 0 Å². The van der Waals surface area contributed by atoms with Gasteiger partial charge in [0, 0.05) is 32.0 Å². The lowest BCUT2D eigenvalue weighted by molar-refractivity contribution is -0.194. The minimum atomic E-state index is -0.886. The molecule has 57 heavy (non-hydrogen) atoms. The number of hydrogen-bond donors (Lipinski definition) is 4. The molecule has 12 heteroatoms. The van der Waals surface area contributed by atoms with Gasteiger partial charge in [-0.15, -0.1) is 0 Å². The lowest BCUT2D eigenvalue weighted by Crippen LogP contribution is -2.71. The van der Waals surface area contributed by atoms with Crippen LogP contribution >= 0.6 is 0 Å². The van der Waals surface area contributed by atoms with E-state index >= 15 is 0 Å². The Balaban J connectivity index is 0.943. The first kappa shape index (κ1) is 45.8. The summed E-state index contributed by atoms with van der Waals surface area (Å²) in [6.07, 6.45) is 29.4. The Morgan fingerprint density at radius 2 is 1.67 bits per heavy atom. The van der Waals surface area contributed by atoms with Gasteiger partial charge >= 0.3 is 5.97 Å². The quantitative estimate of drug-likeness (QED) is 0.0438. The van der Waals surface area contributed by atoms with Gasteiger partial charge in [0.25, 0.3) is 0 Å². The zero-order valence-electron chi connectivity index (χ0n) is 35.8. The van der Waals surface area contributed by atoms with Gasteiger partial charge in [0.2, 0.25) is 5.91 Å². The van der Waals surface area contributed by atoms with Crippen LogP contribution in [-0.2, 0) is 23.8 Å². The summed E-state index contributed by atoms with van der Waals surface area (Å²) in [5, 5.41) is 13.9. The van der Waals surface area contributed by atoms with Crippen molar-refractivity contribution in [3.63, 3.8) is 0 Å². The van der Waals surface area contributed by atoms with Gasteiger partial charge in [0.15, 0.2) is 11.7 Å². The number of nitrogens with zero attached hydrogens (tertiary/aromatic N) is 3. The SMILES string of the molecule is CC[C@H]1C=CCC[C@@]2(C[C@@H]3CC[C@@H]4[C@H](C(=O)OCCCCCCCCCCCCCCCC(=O)N(CCCN)CC(O)CCN)[C@]5(CCC[C@@H](C)O5)N=C(N2)N34)O1. The van der Waals surface area contributed by atoms with E-state index in [1.54, 1.807) is 4.90 Å². The second kappa shape index (κ2) is 23.5. The van der Waals surface area contributed by atoms with Gasteiger partial charge in [-0.1, -0.05) is 89.7 Å². The highest BCUT2D eigenvalue weighted by Gasteiger charge is 2.62. The summed E-state index contributed by atoms with van der Waals surface area (Å²) in [5.41, 5.74) is 9.88. The molecule has 0 bridgehead atoms. The molecule has 3 saturated heterocycles. The fourth-order valence-corrected chi connectivity index (χ4v) is 10.2. The average molecular weight is 801 g/mol. The largest absolute Gasteiger partial charge is 0.465 e.